The quantitative estimate of drug-likeness (QED) is 0.221. The molecule has 0 spiro atoms. The van der Waals surface area contributed by atoms with Crippen LogP contribution in [0.2, 0.25) is 16.6 Å². The van der Waals surface area contributed by atoms with Crippen molar-refractivity contribution in [2.75, 3.05) is 0 Å². The fourth-order valence-electron chi connectivity index (χ4n) is 5.96. The lowest BCUT2D eigenvalue weighted by molar-refractivity contribution is 0.164. The molecule has 4 rings (SSSR count). The zero-order valence-electron chi connectivity index (χ0n) is 24.3. The highest BCUT2D eigenvalue weighted by molar-refractivity contribution is 6.77. The number of rotatable bonds is 7. The van der Waals surface area contributed by atoms with Crippen molar-refractivity contribution in [3.8, 4) is 0 Å². The molecule has 0 saturated heterocycles. The van der Waals surface area contributed by atoms with Gasteiger partial charge >= 0.3 is 7.12 Å². The van der Waals surface area contributed by atoms with Crippen molar-refractivity contribution < 1.29 is 32.0 Å². The summed E-state index contributed by atoms with van der Waals surface area (Å²) < 4.78 is 60.4. The van der Waals surface area contributed by atoms with Crippen LogP contribution in [-0.4, -0.2) is 30.5 Å². The average Bonchev–Trinajstić information content (AvgIpc) is 3.09. The van der Waals surface area contributed by atoms with Gasteiger partial charge in [-0.05, 0) is 64.9 Å². The minimum absolute atomic E-state index is 0.148. The Bertz CT molecular complexity index is 1350. The van der Waals surface area contributed by atoms with E-state index in [1.54, 1.807) is 18.3 Å². The van der Waals surface area contributed by atoms with E-state index in [1.807, 2.05) is 18.2 Å². The Kier molecular flexibility index (Phi) is 11.1. The number of fused-ring (bicyclic) bond motifs is 1. The highest BCUT2D eigenvalue weighted by Gasteiger charge is 2.47. The van der Waals surface area contributed by atoms with Gasteiger partial charge < -0.3 is 14.5 Å². The summed E-state index contributed by atoms with van der Waals surface area (Å²) in [6, 6.07) is 11.4. The largest absolute Gasteiger partial charge is 0.491 e. The van der Waals surface area contributed by atoms with Crippen LogP contribution >= 0.6 is 0 Å². The number of pyridine rings is 1. The Labute approximate surface area is 241 Å². The van der Waals surface area contributed by atoms with Gasteiger partial charge in [-0.1, -0.05) is 71.9 Å². The molecule has 220 valence electrons. The Morgan fingerprint density at radius 2 is 1.41 bits per heavy atom. The molecule has 0 fully saturated rings. The third-order valence-electron chi connectivity index (χ3n) is 7.79. The molecule has 10 heteroatoms. The van der Waals surface area contributed by atoms with Crippen molar-refractivity contribution >= 4 is 32.5 Å². The topological polar surface area (TPSA) is 62.6 Å². The number of hydrogen-bond acceptors (Lipinski definition) is 4. The normalized spacial score (nSPS) is 15.3. The minimum atomic E-state index is -2.12. The number of nitrogens with zero attached hydrogens (tertiary/aromatic N) is 1. The summed E-state index contributed by atoms with van der Waals surface area (Å²) >= 11 is 0. The molecule has 1 aliphatic carbocycles. The van der Waals surface area contributed by atoms with Crippen LogP contribution in [0.4, 0.5) is 17.6 Å². The summed E-state index contributed by atoms with van der Waals surface area (Å²) in [6.07, 6.45) is 4.91. The Morgan fingerprint density at radius 1 is 0.829 bits per heavy atom. The first-order chi connectivity index (χ1) is 19.3. The van der Waals surface area contributed by atoms with Gasteiger partial charge in [0.2, 0.25) is 8.32 Å². The molecule has 1 unspecified atom stereocenters. The molecule has 3 aromatic rings. The number of hydrogen-bond donors (Lipinski definition) is 2. The molecule has 2 N–H and O–H groups in total. The van der Waals surface area contributed by atoms with E-state index in [1.165, 1.54) is 6.07 Å². The highest BCUT2D eigenvalue weighted by atomic mass is 28.4. The van der Waals surface area contributed by atoms with Crippen molar-refractivity contribution in [2.45, 2.75) is 77.1 Å². The van der Waals surface area contributed by atoms with E-state index in [2.05, 4.69) is 46.5 Å². The van der Waals surface area contributed by atoms with Crippen LogP contribution < -0.4 is 5.46 Å². The van der Waals surface area contributed by atoms with Gasteiger partial charge in [0.25, 0.3) is 0 Å². The molecule has 1 aliphatic rings. The van der Waals surface area contributed by atoms with Gasteiger partial charge in [0, 0.05) is 17.2 Å². The van der Waals surface area contributed by atoms with E-state index in [0.717, 1.165) is 35.0 Å². The van der Waals surface area contributed by atoms with Crippen LogP contribution in [0.5, 0.6) is 0 Å². The molecule has 1 heterocycles. The smallest absolute Gasteiger partial charge is 0.423 e. The predicted octanol–water partition coefficient (Wildman–Crippen LogP) is 7.57. The molecular formula is C31H38BF4NO3Si. The van der Waals surface area contributed by atoms with E-state index < -0.39 is 44.2 Å². The second kappa shape index (κ2) is 13.9. The molecule has 4 nitrogen and oxygen atoms in total. The second-order valence-corrected chi connectivity index (χ2v) is 16.6. The first-order valence-electron chi connectivity index (χ1n) is 13.9. The Hall–Kier alpha value is -2.79. The summed E-state index contributed by atoms with van der Waals surface area (Å²) in [7, 11) is -4.09. The molecule has 0 amide bonds. The maximum Gasteiger partial charge on any atom is 0.491 e. The summed E-state index contributed by atoms with van der Waals surface area (Å²) in [5.41, 5.74) is 3.87. The number of benzene rings is 2. The van der Waals surface area contributed by atoms with E-state index >= 15 is 0 Å². The standard InChI is InChI=1S/C25H33F2NOSi.C6H5BF2O2/c1-16(2)30(17(3)4,18(5)6)29-23-13-12-19(15-20-9-8-14-28-25(20)23)21-10-7-11-22(26)24(21)27;8-5-3-1-2-4(6(5)9)7(10)11/h7-11,14-18,23H,12-13H2,1-6H3;1-3,10-11H. The van der Waals surface area contributed by atoms with E-state index in [-0.39, 0.29) is 6.10 Å². The lowest BCUT2D eigenvalue weighted by Gasteiger charge is -2.44. The number of aromatic nitrogens is 1. The van der Waals surface area contributed by atoms with E-state index in [4.69, 9.17) is 14.5 Å². The molecule has 0 radical (unpaired) electrons. The van der Waals surface area contributed by atoms with Gasteiger partial charge in [-0.15, -0.1) is 0 Å². The van der Waals surface area contributed by atoms with Crippen LogP contribution in [0.1, 0.15) is 77.3 Å². The molecule has 1 aromatic heterocycles. The number of halogens is 4. The van der Waals surface area contributed by atoms with Crippen LogP contribution in [-0.2, 0) is 4.43 Å². The van der Waals surface area contributed by atoms with Gasteiger partial charge in [-0.25, -0.2) is 17.6 Å². The molecule has 2 aromatic carbocycles. The predicted molar refractivity (Wildman–Crippen MR) is 159 cm³/mol. The number of allylic oxidation sites excluding steroid dienone is 1. The van der Waals surface area contributed by atoms with Crippen molar-refractivity contribution in [3.63, 3.8) is 0 Å². The Balaban J connectivity index is 0.000000352. The van der Waals surface area contributed by atoms with E-state index in [9.17, 15) is 17.6 Å². The monoisotopic (exact) mass is 587 g/mol. The summed E-state index contributed by atoms with van der Waals surface area (Å²) in [6.45, 7) is 13.6. The van der Waals surface area contributed by atoms with Gasteiger partial charge in [-0.2, -0.15) is 0 Å². The summed E-state index contributed by atoms with van der Waals surface area (Å²) in [5, 5.41) is 17.0. The van der Waals surface area contributed by atoms with Crippen molar-refractivity contribution in [2.24, 2.45) is 0 Å². The molecule has 0 bridgehead atoms. The Morgan fingerprint density at radius 3 is 1.98 bits per heavy atom. The van der Waals surface area contributed by atoms with E-state index in [0.29, 0.717) is 35.0 Å². The second-order valence-electron chi connectivity index (χ2n) is 11.2. The lowest BCUT2D eigenvalue weighted by atomic mass is 9.80. The van der Waals surface area contributed by atoms with Gasteiger partial charge in [-0.3, -0.25) is 4.98 Å². The molecular weight excluding hydrogens is 549 g/mol. The maximum absolute atomic E-state index is 14.5. The molecule has 41 heavy (non-hydrogen) atoms. The zero-order chi connectivity index (χ0) is 30.5. The first kappa shape index (κ1) is 32.7. The van der Waals surface area contributed by atoms with Gasteiger partial charge in [0.15, 0.2) is 23.3 Å². The van der Waals surface area contributed by atoms with Crippen LogP contribution in [0.3, 0.4) is 0 Å². The third kappa shape index (κ3) is 7.17. The van der Waals surface area contributed by atoms with Crippen molar-refractivity contribution in [3.05, 3.63) is 94.8 Å². The molecule has 0 saturated carbocycles. The summed E-state index contributed by atoms with van der Waals surface area (Å²) in [5.74, 6) is -3.91. The van der Waals surface area contributed by atoms with Crippen LogP contribution in [0, 0.1) is 23.3 Å². The average molecular weight is 588 g/mol. The maximum atomic E-state index is 14.5. The summed E-state index contributed by atoms with van der Waals surface area (Å²) in [4.78, 5) is 4.68. The molecule has 0 aliphatic heterocycles. The fourth-order valence-corrected chi connectivity index (χ4v) is 11.5. The van der Waals surface area contributed by atoms with Gasteiger partial charge in [0.1, 0.15) is 0 Å². The van der Waals surface area contributed by atoms with Crippen molar-refractivity contribution in [1.29, 1.82) is 0 Å². The molecule has 1 atom stereocenters. The first-order valence-corrected chi connectivity index (χ1v) is 16.0. The SMILES string of the molecule is CC(C)[Si](OC1CCC(c2cccc(F)c2F)=Cc2cccnc21)(C(C)C)C(C)C.OB(O)c1cccc(F)c1F. The lowest BCUT2D eigenvalue weighted by Crippen LogP contribution is -2.48. The minimum Gasteiger partial charge on any atom is -0.423 e. The fraction of sp³-hybridized carbons (Fsp3) is 0.387. The van der Waals surface area contributed by atoms with Crippen LogP contribution in [0.25, 0.3) is 11.6 Å². The highest BCUT2D eigenvalue weighted by Crippen LogP contribution is 2.47. The third-order valence-corrected chi connectivity index (χ3v) is 13.9. The van der Waals surface area contributed by atoms with Crippen molar-refractivity contribution in [1.82, 2.24) is 4.98 Å². The zero-order valence-corrected chi connectivity index (χ0v) is 25.3. The van der Waals surface area contributed by atoms with Gasteiger partial charge in [0.05, 0.1) is 11.8 Å². The van der Waals surface area contributed by atoms with Crippen LogP contribution in [0.15, 0.2) is 54.7 Å².